The second kappa shape index (κ2) is 8.86. The maximum Gasteiger partial charge on any atom is 0.255 e. The number of aryl methyl sites for hydroxylation is 1. The molecule has 0 radical (unpaired) electrons. The summed E-state index contributed by atoms with van der Waals surface area (Å²) in [4.78, 5) is 52.3. The van der Waals surface area contributed by atoms with Gasteiger partial charge in [-0.05, 0) is 56.5 Å². The molecule has 0 bridgehead atoms. The Hall–Kier alpha value is -3.50. The molecule has 4 rings (SSSR count). The summed E-state index contributed by atoms with van der Waals surface area (Å²) in [6.07, 6.45) is 1.28. The minimum absolute atomic E-state index is 0.0226. The molecule has 1 aromatic rings. The molecule has 3 aliphatic carbocycles. The lowest BCUT2D eigenvalue weighted by Gasteiger charge is -2.50. The lowest BCUT2D eigenvalue weighted by molar-refractivity contribution is -0.153. The van der Waals surface area contributed by atoms with Crippen molar-refractivity contribution in [2.45, 2.75) is 50.7 Å². The second-order valence-electron chi connectivity index (χ2n) is 9.95. The van der Waals surface area contributed by atoms with E-state index in [-0.39, 0.29) is 41.9 Å². The summed E-state index contributed by atoms with van der Waals surface area (Å²) >= 11 is 0. The Bertz CT molecular complexity index is 1260. The van der Waals surface area contributed by atoms with Crippen LogP contribution in [0.5, 0.6) is 5.75 Å². The molecule has 0 unspecified atom stereocenters. The largest absolute Gasteiger partial charge is 0.508 e. The van der Waals surface area contributed by atoms with E-state index in [1.807, 2.05) is 0 Å². The van der Waals surface area contributed by atoms with Crippen molar-refractivity contribution in [2.24, 2.45) is 17.6 Å². The van der Waals surface area contributed by atoms with Gasteiger partial charge in [-0.1, -0.05) is 13.0 Å². The van der Waals surface area contributed by atoms with Crippen LogP contribution in [0, 0.1) is 11.8 Å². The smallest absolute Gasteiger partial charge is 0.255 e. The quantitative estimate of drug-likeness (QED) is 0.356. The summed E-state index contributed by atoms with van der Waals surface area (Å²) in [5.74, 6) is -6.75. The maximum absolute atomic E-state index is 13.8. The molecule has 0 aliphatic heterocycles. The number of aliphatic hydroxyl groups is 3. The molecule has 4 atom stereocenters. The molecule has 10 nitrogen and oxygen atoms in total. The molecule has 6 N–H and O–H groups in total. The Morgan fingerprint density at radius 1 is 1.17 bits per heavy atom. The molecule has 192 valence electrons. The number of phenols is 1. The van der Waals surface area contributed by atoms with Crippen LogP contribution in [-0.2, 0) is 32.0 Å². The predicted octanol–water partition coefficient (Wildman–Crippen LogP) is 0.876. The average Bonchev–Trinajstić information content (AvgIpc) is 2.80. The van der Waals surface area contributed by atoms with Gasteiger partial charge >= 0.3 is 0 Å². The molecular formula is C26H30N2O8. The summed E-state index contributed by atoms with van der Waals surface area (Å²) in [5, 5.41) is 44.2. The Morgan fingerprint density at radius 2 is 1.83 bits per heavy atom. The minimum Gasteiger partial charge on any atom is -0.508 e. The van der Waals surface area contributed by atoms with E-state index in [4.69, 9.17) is 5.73 Å². The SMILES string of the molecule is CCC(=O)CCc1ccc(O)c2c1C[C@@H]1C[C@@H]3[C@@H](N(C)C)C(=O)C(C(N)=O)=C(O)[C@]3(O)C(=O)C1=C2O. The third-order valence-electron chi connectivity index (χ3n) is 7.77. The highest BCUT2D eigenvalue weighted by Gasteiger charge is 2.64. The minimum atomic E-state index is -2.66. The number of fused-ring (bicyclic) bond motifs is 3. The topological polar surface area (TPSA) is 178 Å². The molecule has 36 heavy (non-hydrogen) atoms. The van der Waals surface area contributed by atoms with Crippen molar-refractivity contribution in [1.29, 1.82) is 0 Å². The number of carbonyl (C=O) groups is 4. The number of primary amides is 1. The fraction of sp³-hybridized carbons (Fsp3) is 0.462. The first-order chi connectivity index (χ1) is 16.9. The standard InChI is InChI=1S/C26H30N2O8/c1-4-13(29)7-5-11-6-8-16(30)18-14(11)9-12-10-15-20(28(2)3)22(32)19(25(27)35)24(34)26(15,36)23(33)17(12)21(18)31/h6,8,12,15,20,30-31,34,36H,4-5,7,9-10H2,1-3H3,(H2,27,35)/t12-,15-,20-,26-/m1/s1. The highest BCUT2D eigenvalue weighted by Crippen LogP contribution is 2.53. The molecule has 1 aromatic carbocycles. The lowest BCUT2D eigenvalue weighted by atomic mass is 9.57. The maximum atomic E-state index is 13.8. The number of benzene rings is 1. The van der Waals surface area contributed by atoms with Crippen molar-refractivity contribution >= 4 is 29.0 Å². The van der Waals surface area contributed by atoms with Gasteiger partial charge in [-0.25, -0.2) is 0 Å². The Labute approximate surface area is 207 Å². The summed E-state index contributed by atoms with van der Waals surface area (Å²) < 4.78 is 0. The van der Waals surface area contributed by atoms with Crippen molar-refractivity contribution in [1.82, 2.24) is 4.90 Å². The first-order valence-electron chi connectivity index (χ1n) is 11.9. The van der Waals surface area contributed by atoms with Crippen LogP contribution in [0.2, 0.25) is 0 Å². The van der Waals surface area contributed by atoms with Crippen molar-refractivity contribution in [2.75, 3.05) is 14.1 Å². The number of hydrogen-bond donors (Lipinski definition) is 5. The van der Waals surface area contributed by atoms with Crippen LogP contribution >= 0.6 is 0 Å². The number of nitrogens with two attached hydrogens (primary N) is 1. The molecule has 1 fully saturated rings. The Morgan fingerprint density at radius 3 is 2.42 bits per heavy atom. The third-order valence-corrected chi connectivity index (χ3v) is 7.77. The van der Waals surface area contributed by atoms with Crippen LogP contribution in [-0.4, -0.2) is 74.3 Å². The van der Waals surface area contributed by atoms with Gasteiger partial charge in [0.05, 0.1) is 11.6 Å². The van der Waals surface area contributed by atoms with Crippen molar-refractivity contribution in [3.63, 3.8) is 0 Å². The van der Waals surface area contributed by atoms with E-state index >= 15 is 0 Å². The number of ketones is 3. The van der Waals surface area contributed by atoms with E-state index in [0.29, 0.717) is 18.4 Å². The molecule has 0 heterocycles. The van der Waals surface area contributed by atoms with Gasteiger partial charge in [0.2, 0.25) is 5.78 Å². The molecule has 0 saturated heterocycles. The van der Waals surface area contributed by atoms with Gasteiger partial charge in [-0.15, -0.1) is 0 Å². The summed E-state index contributed by atoms with van der Waals surface area (Å²) in [6.45, 7) is 1.77. The van der Waals surface area contributed by atoms with Crippen LogP contribution in [0.25, 0.3) is 5.76 Å². The van der Waals surface area contributed by atoms with E-state index in [9.17, 15) is 39.6 Å². The van der Waals surface area contributed by atoms with Crippen LogP contribution in [0.3, 0.4) is 0 Å². The Balaban J connectivity index is 1.90. The number of aromatic hydroxyl groups is 1. The molecular weight excluding hydrogens is 468 g/mol. The molecule has 3 aliphatic rings. The number of likely N-dealkylation sites (N-methyl/N-ethyl adjacent to an activating group) is 1. The average molecular weight is 499 g/mol. The van der Waals surface area contributed by atoms with Crippen molar-refractivity contribution < 1.29 is 39.6 Å². The molecule has 10 heteroatoms. The third kappa shape index (κ3) is 3.55. The zero-order chi connectivity index (χ0) is 26.7. The number of amides is 1. The number of rotatable bonds is 6. The predicted molar refractivity (Wildman–Crippen MR) is 128 cm³/mol. The fourth-order valence-electron chi connectivity index (χ4n) is 5.99. The number of carbonyl (C=O) groups excluding carboxylic acids is 4. The van der Waals surface area contributed by atoms with Gasteiger partial charge in [-0.3, -0.25) is 24.1 Å². The van der Waals surface area contributed by atoms with Gasteiger partial charge in [-0.2, -0.15) is 0 Å². The van der Waals surface area contributed by atoms with Crippen molar-refractivity contribution in [3.05, 3.63) is 45.7 Å². The van der Waals surface area contributed by atoms with Gasteiger partial charge in [0.1, 0.15) is 28.6 Å². The molecule has 1 amide bonds. The second-order valence-corrected chi connectivity index (χ2v) is 9.95. The molecule has 1 saturated carbocycles. The number of aliphatic hydroxyl groups excluding tert-OH is 2. The monoisotopic (exact) mass is 498 g/mol. The van der Waals surface area contributed by atoms with E-state index < -0.39 is 58.0 Å². The van der Waals surface area contributed by atoms with Crippen LogP contribution < -0.4 is 5.73 Å². The van der Waals surface area contributed by atoms with Gasteiger partial charge in [0.15, 0.2) is 11.4 Å². The normalized spacial score (nSPS) is 27.6. The van der Waals surface area contributed by atoms with E-state index in [1.165, 1.54) is 11.0 Å². The van der Waals surface area contributed by atoms with Crippen LogP contribution in [0.1, 0.15) is 42.9 Å². The van der Waals surface area contributed by atoms with E-state index in [2.05, 4.69) is 0 Å². The van der Waals surface area contributed by atoms with Gasteiger partial charge < -0.3 is 26.2 Å². The van der Waals surface area contributed by atoms with E-state index in [0.717, 1.165) is 5.56 Å². The van der Waals surface area contributed by atoms with Gasteiger partial charge in [0.25, 0.3) is 5.91 Å². The Kier molecular flexibility index (Phi) is 6.30. The number of phenolic OH excluding ortho intramolecular Hbond substituents is 1. The summed E-state index contributed by atoms with van der Waals surface area (Å²) in [5.41, 5.74) is 2.98. The fourth-order valence-corrected chi connectivity index (χ4v) is 5.99. The number of hydrogen-bond acceptors (Lipinski definition) is 9. The van der Waals surface area contributed by atoms with Crippen LogP contribution in [0.4, 0.5) is 0 Å². The summed E-state index contributed by atoms with van der Waals surface area (Å²) in [6, 6.07) is 1.92. The zero-order valence-electron chi connectivity index (χ0n) is 20.4. The van der Waals surface area contributed by atoms with Crippen LogP contribution in [0.15, 0.2) is 29.0 Å². The zero-order valence-corrected chi connectivity index (χ0v) is 20.4. The van der Waals surface area contributed by atoms with E-state index in [1.54, 1.807) is 27.1 Å². The lowest BCUT2D eigenvalue weighted by Crippen LogP contribution is -2.65. The first kappa shape index (κ1) is 25.6. The molecule has 0 aromatic heterocycles. The molecule has 0 spiro atoms. The highest BCUT2D eigenvalue weighted by molar-refractivity contribution is 6.24. The highest BCUT2D eigenvalue weighted by atomic mass is 16.3. The van der Waals surface area contributed by atoms with Gasteiger partial charge in [0, 0.05) is 24.3 Å². The summed E-state index contributed by atoms with van der Waals surface area (Å²) in [7, 11) is 3.10. The number of Topliss-reactive ketones (excluding diaryl/α,β-unsaturated/α-hetero) is 3. The first-order valence-corrected chi connectivity index (χ1v) is 11.9. The number of nitrogens with zero attached hydrogens (tertiary/aromatic N) is 1. The van der Waals surface area contributed by atoms with Crippen molar-refractivity contribution in [3.8, 4) is 5.75 Å².